The molecule has 0 amide bonds. The van der Waals surface area contributed by atoms with E-state index in [9.17, 15) is 0 Å². The third-order valence-corrected chi connectivity index (χ3v) is 3.27. The van der Waals surface area contributed by atoms with E-state index in [1.807, 2.05) is 0 Å². The normalized spacial score (nSPS) is 16.8. The molecule has 0 aliphatic heterocycles. The molecule has 0 spiro atoms. The first kappa shape index (κ1) is 13.0. The Labute approximate surface area is 100 Å². The highest BCUT2D eigenvalue weighted by atomic mass is 14.2. The number of hydrogen-bond donors (Lipinski definition) is 0. The molecule has 1 aliphatic rings. The van der Waals surface area contributed by atoms with Crippen molar-refractivity contribution < 1.29 is 0 Å². The first-order valence-electron chi connectivity index (χ1n) is 6.31. The van der Waals surface area contributed by atoms with Gasteiger partial charge in [0.2, 0.25) is 0 Å². The molecule has 0 aromatic rings. The Morgan fingerprint density at radius 3 is 2.81 bits per heavy atom. The van der Waals surface area contributed by atoms with Gasteiger partial charge in [-0.15, -0.1) is 0 Å². The highest BCUT2D eigenvalue weighted by Gasteiger charge is 2.10. The molecule has 0 N–H and O–H groups in total. The monoisotopic (exact) mass is 216 g/mol. The molecule has 0 unspecified atom stereocenters. The van der Waals surface area contributed by atoms with E-state index in [2.05, 4.69) is 45.6 Å². The highest BCUT2D eigenvalue weighted by molar-refractivity contribution is 5.40. The smallest absolute Gasteiger partial charge is 0.0239 e. The van der Waals surface area contributed by atoms with Gasteiger partial charge in [-0.2, -0.15) is 0 Å². The molecule has 0 saturated heterocycles. The molecule has 0 radical (unpaired) electrons. The third-order valence-electron chi connectivity index (χ3n) is 3.27. The molecule has 1 rings (SSSR count). The fourth-order valence-electron chi connectivity index (χ4n) is 2.09. The quantitative estimate of drug-likeness (QED) is 0.429. The van der Waals surface area contributed by atoms with Crippen molar-refractivity contribution in [1.29, 1.82) is 0 Å². The molecule has 0 aromatic carbocycles. The second kappa shape index (κ2) is 6.52. The first-order chi connectivity index (χ1) is 7.65. The summed E-state index contributed by atoms with van der Waals surface area (Å²) in [5, 5.41) is 0. The van der Waals surface area contributed by atoms with Crippen molar-refractivity contribution in [3.8, 4) is 0 Å². The van der Waals surface area contributed by atoms with Crippen molar-refractivity contribution in [2.24, 2.45) is 0 Å². The van der Waals surface area contributed by atoms with Gasteiger partial charge in [0.15, 0.2) is 0 Å². The Hall–Kier alpha value is -1.04. The van der Waals surface area contributed by atoms with E-state index >= 15 is 0 Å². The largest absolute Gasteiger partial charge is 0.0958 e. The molecular formula is C16H24. The Kier molecular flexibility index (Phi) is 5.31. The average Bonchev–Trinajstić information content (AvgIpc) is 2.26. The van der Waals surface area contributed by atoms with Gasteiger partial charge in [0.05, 0.1) is 0 Å². The maximum Gasteiger partial charge on any atom is -0.0239 e. The zero-order chi connectivity index (χ0) is 12.0. The summed E-state index contributed by atoms with van der Waals surface area (Å²) < 4.78 is 0. The van der Waals surface area contributed by atoms with Crippen molar-refractivity contribution in [1.82, 2.24) is 0 Å². The van der Waals surface area contributed by atoms with Gasteiger partial charge in [-0.1, -0.05) is 36.0 Å². The van der Waals surface area contributed by atoms with E-state index in [1.54, 1.807) is 11.1 Å². The predicted octanol–water partition coefficient (Wildman–Crippen LogP) is 5.35. The topological polar surface area (TPSA) is 0 Å². The van der Waals surface area contributed by atoms with Gasteiger partial charge in [0.1, 0.15) is 0 Å². The molecule has 0 fully saturated rings. The molecule has 16 heavy (non-hydrogen) atoms. The lowest BCUT2D eigenvalue weighted by molar-refractivity contribution is 0.801. The number of unbranched alkanes of at least 4 members (excludes halogenated alkanes) is 1. The van der Waals surface area contributed by atoms with E-state index in [0.717, 1.165) is 0 Å². The van der Waals surface area contributed by atoms with Crippen LogP contribution in [0.3, 0.4) is 0 Å². The van der Waals surface area contributed by atoms with Crippen LogP contribution in [0, 0.1) is 0 Å². The molecule has 0 saturated carbocycles. The SMILES string of the molecule is C=C(C)C1=CC(CCCC=CC)=C(C)CC1. The summed E-state index contributed by atoms with van der Waals surface area (Å²) in [4.78, 5) is 0. The fraction of sp³-hybridized carbons (Fsp3) is 0.500. The molecular weight excluding hydrogens is 192 g/mol. The molecule has 88 valence electrons. The summed E-state index contributed by atoms with van der Waals surface area (Å²) in [6.45, 7) is 10.5. The van der Waals surface area contributed by atoms with Crippen LogP contribution in [0.4, 0.5) is 0 Å². The lowest BCUT2D eigenvalue weighted by Crippen LogP contribution is -1.98. The van der Waals surface area contributed by atoms with Gasteiger partial charge < -0.3 is 0 Å². The Morgan fingerprint density at radius 2 is 2.19 bits per heavy atom. The van der Waals surface area contributed by atoms with Crippen LogP contribution in [0.1, 0.15) is 52.9 Å². The molecule has 0 bridgehead atoms. The zero-order valence-electron chi connectivity index (χ0n) is 11.0. The number of hydrogen-bond acceptors (Lipinski definition) is 0. The van der Waals surface area contributed by atoms with E-state index in [1.165, 1.54) is 43.3 Å². The Morgan fingerprint density at radius 1 is 1.44 bits per heavy atom. The number of rotatable bonds is 5. The van der Waals surface area contributed by atoms with Crippen LogP contribution in [0.2, 0.25) is 0 Å². The van der Waals surface area contributed by atoms with Crippen LogP contribution in [-0.4, -0.2) is 0 Å². The molecule has 0 nitrogen and oxygen atoms in total. The van der Waals surface area contributed by atoms with Crippen molar-refractivity contribution in [2.45, 2.75) is 52.9 Å². The van der Waals surface area contributed by atoms with Crippen molar-refractivity contribution in [3.63, 3.8) is 0 Å². The minimum atomic E-state index is 1.18. The minimum Gasteiger partial charge on any atom is -0.0958 e. The molecule has 0 heteroatoms. The van der Waals surface area contributed by atoms with Crippen molar-refractivity contribution in [2.75, 3.05) is 0 Å². The maximum absolute atomic E-state index is 4.05. The lowest BCUT2D eigenvalue weighted by atomic mass is 9.88. The van der Waals surface area contributed by atoms with Gasteiger partial charge >= 0.3 is 0 Å². The van der Waals surface area contributed by atoms with Gasteiger partial charge in [-0.3, -0.25) is 0 Å². The maximum atomic E-state index is 4.05. The first-order valence-corrected chi connectivity index (χ1v) is 6.31. The summed E-state index contributed by atoms with van der Waals surface area (Å²) in [7, 11) is 0. The lowest BCUT2D eigenvalue weighted by Gasteiger charge is -2.18. The summed E-state index contributed by atoms with van der Waals surface area (Å²) in [6.07, 6.45) is 12.8. The second-order valence-electron chi connectivity index (χ2n) is 4.72. The van der Waals surface area contributed by atoms with E-state index in [0.29, 0.717) is 0 Å². The summed E-state index contributed by atoms with van der Waals surface area (Å²) in [5.41, 5.74) is 5.81. The summed E-state index contributed by atoms with van der Waals surface area (Å²) in [6, 6.07) is 0. The van der Waals surface area contributed by atoms with Crippen LogP contribution in [-0.2, 0) is 0 Å². The molecule has 1 aliphatic carbocycles. The van der Waals surface area contributed by atoms with Crippen LogP contribution in [0.5, 0.6) is 0 Å². The standard InChI is InChI=1S/C16H24/c1-5-6-7-8-9-16-12-15(13(2)3)11-10-14(16)4/h5-6,12H,2,7-11H2,1,3-4H3. The van der Waals surface area contributed by atoms with E-state index < -0.39 is 0 Å². The van der Waals surface area contributed by atoms with Gasteiger partial charge in [-0.25, -0.2) is 0 Å². The fourth-order valence-corrected chi connectivity index (χ4v) is 2.09. The minimum absolute atomic E-state index is 1.18. The predicted molar refractivity (Wildman–Crippen MR) is 73.5 cm³/mol. The number of allylic oxidation sites excluding steroid dienone is 7. The second-order valence-corrected chi connectivity index (χ2v) is 4.72. The third kappa shape index (κ3) is 3.84. The van der Waals surface area contributed by atoms with Gasteiger partial charge in [0, 0.05) is 0 Å². The molecule has 0 aromatic heterocycles. The van der Waals surface area contributed by atoms with Gasteiger partial charge in [0.25, 0.3) is 0 Å². The molecule has 0 heterocycles. The van der Waals surface area contributed by atoms with E-state index in [4.69, 9.17) is 0 Å². The highest BCUT2D eigenvalue weighted by Crippen LogP contribution is 2.29. The van der Waals surface area contributed by atoms with Crippen molar-refractivity contribution in [3.05, 3.63) is 47.1 Å². The Bertz CT molecular complexity index is 337. The zero-order valence-corrected chi connectivity index (χ0v) is 11.0. The van der Waals surface area contributed by atoms with E-state index in [-0.39, 0.29) is 0 Å². The average molecular weight is 216 g/mol. The van der Waals surface area contributed by atoms with Crippen LogP contribution in [0.25, 0.3) is 0 Å². The summed E-state index contributed by atoms with van der Waals surface area (Å²) in [5.74, 6) is 0. The van der Waals surface area contributed by atoms with Crippen LogP contribution >= 0.6 is 0 Å². The molecule has 0 atom stereocenters. The van der Waals surface area contributed by atoms with Gasteiger partial charge in [-0.05, 0) is 64.0 Å². The Balaban J connectivity index is 2.59. The van der Waals surface area contributed by atoms with Crippen LogP contribution < -0.4 is 0 Å². The van der Waals surface area contributed by atoms with Crippen molar-refractivity contribution >= 4 is 0 Å². The summed E-state index contributed by atoms with van der Waals surface area (Å²) >= 11 is 0. The van der Waals surface area contributed by atoms with Crippen LogP contribution in [0.15, 0.2) is 47.1 Å².